The fourth-order valence-corrected chi connectivity index (χ4v) is 3.65. The molecule has 0 aliphatic carbocycles. The van der Waals surface area contributed by atoms with Gasteiger partial charge in [0.1, 0.15) is 10.8 Å². The van der Waals surface area contributed by atoms with E-state index in [2.05, 4.69) is 64.1 Å². The number of hydrogen-bond acceptors (Lipinski definition) is 8. The predicted molar refractivity (Wildman–Crippen MR) is 153 cm³/mol. The average Bonchev–Trinajstić information content (AvgIpc) is 2.81. The maximum Gasteiger partial charge on any atom is 0.229 e. The summed E-state index contributed by atoms with van der Waals surface area (Å²) in [6.45, 7) is 10.1. The molecule has 1 heterocycles. The largest absolute Gasteiger partial charge is 0.489 e. The van der Waals surface area contributed by atoms with E-state index in [0.29, 0.717) is 16.8 Å². The number of rotatable bonds is 13. The Balaban J connectivity index is 1.79. The van der Waals surface area contributed by atoms with Gasteiger partial charge in [-0.3, -0.25) is 0 Å². The van der Waals surface area contributed by atoms with Crippen molar-refractivity contribution in [2.45, 2.75) is 46.3 Å². The molecule has 1 aromatic heterocycles. The number of para-hydroxylation sites is 2. The lowest BCUT2D eigenvalue weighted by Gasteiger charge is -2.18. The third-order valence-electron chi connectivity index (χ3n) is 5.07. The van der Waals surface area contributed by atoms with Gasteiger partial charge in [-0.2, -0.15) is 4.98 Å². The van der Waals surface area contributed by atoms with Gasteiger partial charge in [0.15, 0.2) is 5.82 Å². The molecule has 0 fully saturated rings. The Morgan fingerprint density at radius 3 is 2.42 bits per heavy atom. The van der Waals surface area contributed by atoms with Crippen LogP contribution in [0.4, 0.5) is 34.5 Å². The van der Waals surface area contributed by atoms with Crippen molar-refractivity contribution < 1.29 is 4.74 Å². The molecule has 3 rings (SSSR count). The van der Waals surface area contributed by atoms with Crippen LogP contribution in [0.25, 0.3) is 0 Å². The van der Waals surface area contributed by atoms with Gasteiger partial charge in [-0.1, -0.05) is 23.7 Å². The Morgan fingerprint density at radius 1 is 0.972 bits per heavy atom. The van der Waals surface area contributed by atoms with Crippen molar-refractivity contribution in [3.63, 3.8) is 0 Å². The molecule has 4 N–H and O–H groups in total. The summed E-state index contributed by atoms with van der Waals surface area (Å²) in [5.74, 6) is 1.65. The van der Waals surface area contributed by atoms with E-state index in [9.17, 15) is 0 Å². The van der Waals surface area contributed by atoms with Crippen LogP contribution >= 0.6 is 11.6 Å². The Morgan fingerprint density at radius 2 is 1.72 bits per heavy atom. The molecule has 0 spiro atoms. The van der Waals surface area contributed by atoms with E-state index < -0.39 is 0 Å². The van der Waals surface area contributed by atoms with Gasteiger partial charge in [-0.25, -0.2) is 4.98 Å². The summed E-state index contributed by atoms with van der Waals surface area (Å²) in [6.07, 6.45) is 2.65. The molecule has 0 unspecified atom stereocenters. The second-order valence-corrected chi connectivity index (χ2v) is 9.85. The van der Waals surface area contributed by atoms with Crippen LogP contribution in [0.2, 0.25) is 5.02 Å². The molecule has 2 aromatic carbocycles. The molecule has 3 aromatic rings. The van der Waals surface area contributed by atoms with Crippen molar-refractivity contribution in [3.05, 3.63) is 53.7 Å². The van der Waals surface area contributed by atoms with Crippen LogP contribution in [0.5, 0.6) is 5.75 Å². The summed E-state index contributed by atoms with van der Waals surface area (Å²) in [4.78, 5) is 11.2. The van der Waals surface area contributed by atoms with Gasteiger partial charge in [0.2, 0.25) is 5.95 Å². The van der Waals surface area contributed by atoms with Gasteiger partial charge in [-0.05, 0) is 79.0 Å². The number of anilines is 6. The molecular formula is C27H38ClN7O. The maximum absolute atomic E-state index is 6.44. The fraction of sp³-hybridized carbons (Fsp3) is 0.407. The van der Waals surface area contributed by atoms with Crippen molar-refractivity contribution in [3.8, 4) is 5.75 Å². The van der Waals surface area contributed by atoms with E-state index in [1.54, 1.807) is 6.20 Å². The Kier molecular flexibility index (Phi) is 10.0. The quantitative estimate of drug-likeness (QED) is 0.191. The molecule has 0 atom stereocenters. The number of nitrogens with one attached hydrogen (secondary N) is 4. The average molecular weight is 512 g/mol. The lowest BCUT2D eigenvalue weighted by molar-refractivity contribution is 0.244. The topological polar surface area (TPSA) is 86.4 Å². The Bertz CT molecular complexity index is 1120. The molecule has 194 valence electrons. The zero-order chi connectivity index (χ0) is 26.1. The number of benzene rings is 2. The first kappa shape index (κ1) is 27.4. The van der Waals surface area contributed by atoms with Crippen LogP contribution in [0.15, 0.2) is 48.7 Å². The van der Waals surface area contributed by atoms with Gasteiger partial charge in [0.25, 0.3) is 0 Å². The Hall–Kier alpha value is -3.23. The normalized spacial score (nSPS) is 11.2. The van der Waals surface area contributed by atoms with Crippen molar-refractivity contribution >= 4 is 46.1 Å². The second kappa shape index (κ2) is 13.2. The van der Waals surface area contributed by atoms with Crippen molar-refractivity contribution in [2.24, 2.45) is 0 Å². The monoisotopic (exact) mass is 511 g/mol. The third kappa shape index (κ3) is 8.46. The minimum atomic E-state index is 0.0165. The van der Waals surface area contributed by atoms with Crippen molar-refractivity contribution in [1.82, 2.24) is 14.9 Å². The highest BCUT2D eigenvalue weighted by Crippen LogP contribution is 2.33. The lowest BCUT2D eigenvalue weighted by Crippen LogP contribution is -2.16. The first-order valence-electron chi connectivity index (χ1n) is 12.3. The molecule has 0 radical (unpaired) electrons. The molecular weight excluding hydrogens is 474 g/mol. The van der Waals surface area contributed by atoms with Gasteiger partial charge >= 0.3 is 0 Å². The van der Waals surface area contributed by atoms with E-state index in [0.717, 1.165) is 48.0 Å². The van der Waals surface area contributed by atoms with E-state index in [1.807, 2.05) is 56.3 Å². The highest BCUT2D eigenvalue weighted by molar-refractivity contribution is 6.33. The molecule has 36 heavy (non-hydrogen) atoms. The number of halogens is 1. The molecule has 0 bridgehead atoms. The first-order valence-corrected chi connectivity index (χ1v) is 12.7. The molecule has 0 aliphatic rings. The molecule has 0 saturated carbocycles. The number of nitrogens with zero attached hydrogens (tertiary/aromatic N) is 3. The van der Waals surface area contributed by atoms with Gasteiger partial charge in [-0.15, -0.1) is 0 Å². The van der Waals surface area contributed by atoms with E-state index >= 15 is 0 Å². The van der Waals surface area contributed by atoms with Crippen LogP contribution in [0.1, 0.15) is 34.1 Å². The number of ether oxygens (including phenoxy) is 1. The van der Waals surface area contributed by atoms with Gasteiger partial charge < -0.3 is 30.9 Å². The third-order valence-corrected chi connectivity index (χ3v) is 5.35. The van der Waals surface area contributed by atoms with Crippen molar-refractivity contribution in [1.29, 1.82) is 0 Å². The number of aromatic nitrogens is 2. The summed E-state index contributed by atoms with van der Waals surface area (Å²) in [5, 5.41) is 14.0. The zero-order valence-electron chi connectivity index (χ0n) is 22.0. The van der Waals surface area contributed by atoms with E-state index in [4.69, 9.17) is 16.3 Å². The van der Waals surface area contributed by atoms with Crippen molar-refractivity contribution in [2.75, 3.05) is 48.5 Å². The van der Waals surface area contributed by atoms with Crippen LogP contribution in [-0.2, 0) is 0 Å². The van der Waals surface area contributed by atoms with E-state index in [1.165, 1.54) is 0 Å². The minimum absolute atomic E-state index is 0.0165. The Labute approximate surface area is 219 Å². The van der Waals surface area contributed by atoms with Gasteiger partial charge in [0.05, 0.1) is 29.4 Å². The molecule has 0 amide bonds. The summed E-state index contributed by atoms with van der Waals surface area (Å²) >= 11 is 6.44. The fourth-order valence-electron chi connectivity index (χ4n) is 3.51. The molecule has 0 saturated heterocycles. The standard InChI is InChI=1S/C27H38ClN7O/c1-18(2)31-22-10-7-8-11-23(22)32-26-21(28)17-30-27(34-26)33-24-13-12-20(16-25(24)36-19(3)4)29-14-9-15-35(5)6/h7-8,10-13,16-19,29,31H,9,14-15H2,1-6H3,(H2,30,32,33,34). The van der Waals surface area contributed by atoms with Crippen LogP contribution in [-0.4, -0.2) is 54.2 Å². The highest BCUT2D eigenvalue weighted by atomic mass is 35.5. The summed E-state index contributed by atoms with van der Waals surface area (Å²) in [5.41, 5.74) is 3.63. The van der Waals surface area contributed by atoms with Crippen LogP contribution in [0, 0.1) is 0 Å². The van der Waals surface area contributed by atoms with Crippen LogP contribution in [0.3, 0.4) is 0 Å². The minimum Gasteiger partial charge on any atom is -0.489 e. The summed E-state index contributed by atoms with van der Waals surface area (Å²) in [7, 11) is 4.16. The first-order chi connectivity index (χ1) is 17.2. The predicted octanol–water partition coefficient (Wildman–Crippen LogP) is 6.59. The molecule has 8 nitrogen and oxygen atoms in total. The summed E-state index contributed by atoms with van der Waals surface area (Å²) < 4.78 is 6.09. The molecule has 0 aliphatic heterocycles. The molecule has 9 heteroatoms. The lowest BCUT2D eigenvalue weighted by atomic mass is 10.2. The zero-order valence-corrected chi connectivity index (χ0v) is 22.8. The van der Waals surface area contributed by atoms with Gasteiger partial charge in [0, 0.05) is 24.3 Å². The summed E-state index contributed by atoms with van der Waals surface area (Å²) in [6, 6.07) is 14.2. The smallest absolute Gasteiger partial charge is 0.229 e. The van der Waals surface area contributed by atoms with Crippen LogP contribution < -0.4 is 26.0 Å². The number of hydrogen-bond donors (Lipinski definition) is 4. The highest BCUT2D eigenvalue weighted by Gasteiger charge is 2.13. The SMILES string of the molecule is CC(C)Nc1ccccc1Nc1nc(Nc2ccc(NCCCN(C)C)cc2OC(C)C)ncc1Cl. The second-order valence-electron chi connectivity index (χ2n) is 9.45. The van der Waals surface area contributed by atoms with E-state index in [-0.39, 0.29) is 12.1 Å². The maximum atomic E-state index is 6.44.